The van der Waals surface area contributed by atoms with Gasteiger partial charge in [-0.1, -0.05) is 0 Å². The molecule has 0 saturated heterocycles. The molecule has 0 aromatic heterocycles. The molecule has 0 aromatic carbocycles. The highest BCUT2D eigenvalue weighted by Gasteiger charge is 1.94. The van der Waals surface area contributed by atoms with Crippen molar-refractivity contribution in [2.45, 2.75) is 12.8 Å². The van der Waals surface area contributed by atoms with Gasteiger partial charge in [0.15, 0.2) is 0 Å². The summed E-state index contributed by atoms with van der Waals surface area (Å²) in [5.74, 6) is 0. The Morgan fingerprint density at radius 3 is 2.09 bits per heavy atom. The predicted octanol–water partition coefficient (Wildman–Crippen LogP) is 0.105. The predicted molar refractivity (Wildman–Crippen MR) is 48.2 cm³/mol. The van der Waals surface area contributed by atoms with Gasteiger partial charge >= 0.3 is 0 Å². The summed E-state index contributed by atoms with van der Waals surface area (Å²) in [5.41, 5.74) is 0. The Labute approximate surface area is 74.4 Å². The van der Waals surface area contributed by atoms with Gasteiger partial charge in [-0.2, -0.15) is 0 Å². The molecule has 0 saturated carbocycles. The van der Waals surface area contributed by atoms with Crippen LogP contribution in [-0.4, -0.2) is 48.5 Å². The molecule has 0 atom stereocenters. The van der Waals surface area contributed by atoms with Crippen LogP contribution in [-0.2, 0) is 0 Å². The van der Waals surface area contributed by atoms with Gasteiger partial charge in [0, 0.05) is 13.2 Å². The van der Waals surface area contributed by atoms with Gasteiger partial charge in [-0.3, -0.25) is 0 Å². The van der Waals surface area contributed by atoms with E-state index < -0.39 is 0 Å². The Balaban J connectivity index is 0. The molecule has 2 N–H and O–H groups in total. The zero-order chi connectivity index (χ0) is 7.82. The fourth-order valence-electron chi connectivity index (χ4n) is 0.776. The number of rotatable bonds is 6. The first kappa shape index (κ1) is 13.7. The van der Waals surface area contributed by atoms with E-state index in [4.69, 9.17) is 10.2 Å². The Bertz CT molecular complexity index is 73.5. The number of hydrogen-bond acceptors (Lipinski definition) is 3. The lowest BCUT2D eigenvalue weighted by molar-refractivity contribution is 0.212. The van der Waals surface area contributed by atoms with E-state index in [1.165, 1.54) is 0 Å². The van der Waals surface area contributed by atoms with Crippen LogP contribution in [0, 0.1) is 0 Å². The quantitative estimate of drug-likeness (QED) is 0.575. The number of hydrogen-bond donors (Lipinski definition) is 2. The highest BCUT2D eigenvalue weighted by Crippen LogP contribution is 1.90. The van der Waals surface area contributed by atoms with Crippen LogP contribution >= 0.6 is 12.4 Å². The van der Waals surface area contributed by atoms with Gasteiger partial charge in [-0.05, 0) is 26.4 Å². The standard InChI is InChI=1S/C7H17NO2.ClH/c1-8(5-7-10)4-2-3-6-9;/h9-10H,2-7H2,1H3;1H. The van der Waals surface area contributed by atoms with Crippen LogP contribution < -0.4 is 0 Å². The van der Waals surface area contributed by atoms with Crippen molar-refractivity contribution in [2.24, 2.45) is 0 Å². The molecular formula is C7H18ClNO2. The molecular weight excluding hydrogens is 166 g/mol. The molecule has 3 nitrogen and oxygen atoms in total. The van der Waals surface area contributed by atoms with Crippen LogP contribution in [0.4, 0.5) is 0 Å². The molecule has 0 heterocycles. The van der Waals surface area contributed by atoms with Gasteiger partial charge < -0.3 is 15.1 Å². The maximum absolute atomic E-state index is 8.50. The van der Waals surface area contributed by atoms with Crippen molar-refractivity contribution in [3.63, 3.8) is 0 Å². The molecule has 0 bridgehead atoms. The van der Waals surface area contributed by atoms with Crippen molar-refractivity contribution in [2.75, 3.05) is 33.4 Å². The van der Waals surface area contributed by atoms with Crippen LogP contribution in [0.5, 0.6) is 0 Å². The van der Waals surface area contributed by atoms with E-state index in [1.54, 1.807) is 0 Å². The first-order valence-electron chi connectivity index (χ1n) is 3.71. The van der Waals surface area contributed by atoms with Crippen molar-refractivity contribution in [3.8, 4) is 0 Å². The van der Waals surface area contributed by atoms with E-state index >= 15 is 0 Å². The molecule has 0 radical (unpaired) electrons. The van der Waals surface area contributed by atoms with Crippen LogP contribution in [0.1, 0.15) is 12.8 Å². The normalized spacial score (nSPS) is 9.82. The number of aliphatic hydroxyl groups is 2. The molecule has 0 aromatic rings. The zero-order valence-electron chi connectivity index (χ0n) is 6.99. The highest BCUT2D eigenvalue weighted by molar-refractivity contribution is 5.85. The van der Waals surface area contributed by atoms with E-state index in [2.05, 4.69) is 4.90 Å². The summed E-state index contributed by atoms with van der Waals surface area (Å²) >= 11 is 0. The molecule has 0 spiro atoms. The summed E-state index contributed by atoms with van der Waals surface area (Å²) < 4.78 is 0. The van der Waals surface area contributed by atoms with Gasteiger partial charge in [0.25, 0.3) is 0 Å². The number of likely N-dealkylation sites (N-methyl/N-ethyl adjacent to an activating group) is 1. The van der Waals surface area contributed by atoms with Crippen molar-refractivity contribution in [3.05, 3.63) is 0 Å². The van der Waals surface area contributed by atoms with E-state index in [0.29, 0.717) is 0 Å². The smallest absolute Gasteiger partial charge is 0.0558 e. The number of halogens is 1. The maximum atomic E-state index is 8.50. The van der Waals surface area contributed by atoms with E-state index in [1.807, 2.05) is 7.05 Å². The van der Waals surface area contributed by atoms with E-state index in [-0.39, 0.29) is 25.6 Å². The molecule has 0 unspecified atom stereocenters. The summed E-state index contributed by atoms with van der Waals surface area (Å²) in [7, 11) is 1.97. The van der Waals surface area contributed by atoms with Crippen molar-refractivity contribution in [1.29, 1.82) is 0 Å². The lowest BCUT2D eigenvalue weighted by Crippen LogP contribution is -2.23. The molecule has 0 fully saturated rings. The first-order chi connectivity index (χ1) is 4.81. The third kappa shape index (κ3) is 10.2. The Kier molecular flexibility index (Phi) is 12.7. The van der Waals surface area contributed by atoms with E-state index in [0.717, 1.165) is 25.9 Å². The van der Waals surface area contributed by atoms with Crippen LogP contribution in [0.15, 0.2) is 0 Å². The first-order valence-corrected chi connectivity index (χ1v) is 3.71. The monoisotopic (exact) mass is 183 g/mol. The second-order valence-corrected chi connectivity index (χ2v) is 2.46. The fraction of sp³-hybridized carbons (Fsp3) is 1.00. The Morgan fingerprint density at radius 2 is 1.64 bits per heavy atom. The highest BCUT2D eigenvalue weighted by atomic mass is 35.5. The second-order valence-electron chi connectivity index (χ2n) is 2.46. The molecule has 0 rings (SSSR count). The lowest BCUT2D eigenvalue weighted by atomic mass is 10.3. The largest absolute Gasteiger partial charge is 0.396 e. The van der Waals surface area contributed by atoms with Crippen LogP contribution in [0.3, 0.4) is 0 Å². The van der Waals surface area contributed by atoms with Crippen LogP contribution in [0.25, 0.3) is 0 Å². The van der Waals surface area contributed by atoms with Gasteiger partial charge in [-0.15, -0.1) is 12.4 Å². The minimum Gasteiger partial charge on any atom is -0.396 e. The minimum atomic E-state index is 0. The number of aliphatic hydroxyl groups excluding tert-OH is 2. The van der Waals surface area contributed by atoms with Gasteiger partial charge in [-0.25, -0.2) is 0 Å². The second kappa shape index (κ2) is 10.2. The summed E-state index contributed by atoms with van der Waals surface area (Å²) in [6.45, 7) is 2.18. The summed E-state index contributed by atoms with van der Waals surface area (Å²) in [6, 6.07) is 0. The summed E-state index contributed by atoms with van der Waals surface area (Å²) in [4.78, 5) is 2.05. The summed E-state index contributed by atoms with van der Waals surface area (Å²) in [6.07, 6.45) is 1.86. The number of nitrogens with zero attached hydrogens (tertiary/aromatic N) is 1. The van der Waals surface area contributed by atoms with Crippen molar-refractivity contribution >= 4 is 12.4 Å². The zero-order valence-corrected chi connectivity index (χ0v) is 7.81. The average Bonchev–Trinajstić information content (AvgIpc) is 1.89. The molecule has 4 heteroatoms. The third-order valence-corrected chi connectivity index (χ3v) is 1.43. The molecule has 0 aliphatic heterocycles. The Morgan fingerprint density at radius 1 is 1.00 bits per heavy atom. The average molecular weight is 184 g/mol. The molecule has 0 amide bonds. The molecule has 11 heavy (non-hydrogen) atoms. The topological polar surface area (TPSA) is 43.7 Å². The van der Waals surface area contributed by atoms with Gasteiger partial charge in [0.1, 0.15) is 0 Å². The van der Waals surface area contributed by atoms with Gasteiger partial charge in [0.05, 0.1) is 6.61 Å². The van der Waals surface area contributed by atoms with Crippen LogP contribution in [0.2, 0.25) is 0 Å². The molecule has 0 aliphatic rings. The molecule has 70 valence electrons. The molecule has 0 aliphatic carbocycles. The van der Waals surface area contributed by atoms with Crippen molar-refractivity contribution < 1.29 is 10.2 Å². The summed E-state index contributed by atoms with van der Waals surface area (Å²) in [5, 5.41) is 16.9. The van der Waals surface area contributed by atoms with Gasteiger partial charge in [0.2, 0.25) is 0 Å². The third-order valence-electron chi connectivity index (χ3n) is 1.43. The SMILES string of the molecule is CN(CCO)CCCCO.Cl. The fourth-order valence-corrected chi connectivity index (χ4v) is 0.776. The number of unbranched alkanes of at least 4 members (excludes halogenated alkanes) is 1. The van der Waals surface area contributed by atoms with Crippen molar-refractivity contribution in [1.82, 2.24) is 4.90 Å². The minimum absolute atomic E-state index is 0. The van der Waals surface area contributed by atoms with E-state index in [9.17, 15) is 0 Å². The Hall–Kier alpha value is 0.170. The lowest BCUT2D eigenvalue weighted by Gasteiger charge is -2.13. The maximum Gasteiger partial charge on any atom is 0.0558 e.